The third-order valence-electron chi connectivity index (χ3n) is 4.20. The maximum atomic E-state index is 12.3. The number of ether oxygens (including phenoxy) is 3. The largest absolute Gasteiger partial charge is 0.493 e. The molecule has 0 radical (unpaired) electrons. The highest BCUT2D eigenvalue weighted by atomic mass is 16.5. The number of carbonyl (C=O) groups excluding carboxylic acids is 1. The molecule has 0 aliphatic heterocycles. The van der Waals surface area contributed by atoms with E-state index in [2.05, 4.69) is 5.32 Å². The van der Waals surface area contributed by atoms with Crippen LogP contribution >= 0.6 is 0 Å². The van der Waals surface area contributed by atoms with Crippen LogP contribution in [-0.2, 0) is 11.2 Å². The van der Waals surface area contributed by atoms with Crippen molar-refractivity contribution in [2.75, 3.05) is 20.8 Å². The standard InChI is InChI=1S/C23H23N3O4/c1-16(14-24)30-20-7-4-17(5-8-20)12-19(15-25)23(27)26-11-10-18-6-9-21(28-2)22(13-18)29-3/h4-9,12-13,16H,10-11H2,1-3H3,(H,26,27)/b19-12-. The van der Waals surface area contributed by atoms with E-state index in [9.17, 15) is 10.1 Å². The second-order valence-corrected chi connectivity index (χ2v) is 6.32. The summed E-state index contributed by atoms with van der Waals surface area (Å²) in [6.07, 6.45) is 1.52. The zero-order chi connectivity index (χ0) is 21.9. The van der Waals surface area contributed by atoms with Gasteiger partial charge in [0.2, 0.25) is 0 Å². The minimum Gasteiger partial charge on any atom is -0.493 e. The number of hydrogen-bond donors (Lipinski definition) is 1. The number of nitrogens with one attached hydrogen (secondary N) is 1. The fourth-order valence-corrected chi connectivity index (χ4v) is 2.64. The molecule has 0 aliphatic rings. The number of nitrogens with zero attached hydrogens (tertiary/aromatic N) is 2. The van der Waals surface area contributed by atoms with Crippen molar-refractivity contribution in [1.29, 1.82) is 10.5 Å². The molecule has 0 aromatic heterocycles. The summed E-state index contributed by atoms with van der Waals surface area (Å²) in [5, 5.41) is 20.9. The number of amides is 1. The zero-order valence-electron chi connectivity index (χ0n) is 17.1. The van der Waals surface area contributed by atoms with E-state index in [4.69, 9.17) is 19.5 Å². The van der Waals surface area contributed by atoms with E-state index in [1.165, 1.54) is 6.08 Å². The Morgan fingerprint density at radius 3 is 2.40 bits per heavy atom. The summed E-state index contributed by atoms with van der Waals surface area (Å²) >= 11 is 0. The molecule has 1 N–H and O–H groups in total. The lowest BCUT2D eigenvalue weighted by Gasteiger charge is -2.10. The summed E-state index contributed by atoms with van der Waals surface area (Å²) in [7, 11) is 3.14. The van der Waals surface area contributed by atoms with Gasteiger partial charge in [0.1, 0.15) is 23.5 Å². The third kappa shape index (κ3) is 6.29. The molecule has 1 amide bonds. The lowest BCUT2D eigenvalue weighted by molar-refractivity contribution is -0.117. The van der Waals surface area contributed by atoms with Gasteiger partial charge in [-0.3, -0.25) is 4.79 Å². The number of benzene rings is 2. The van der Waals surface area contributed by atoms with Crippen LogP contribution in [0.1, 0.15) is 18.1 Å². The van der Waals surface area contributed by atoms with Gasteiger partial charge in [0.05, 0.1) is 14.2 Å². The third-order valence-corrected chi connectivity index (χ3v) is 4.20. The Kier molecular flexibility index (Phi) is 8.28. The zero-order valence-corrected chi connectivity index (χ0v) is 17.1. The van der Waals surface area contributed by atoms with Crippen LogP contribution in [0.2, 0.25) is 0 Å². The van der Waals surface area contributed by atoms with Gasteiger partial charge in [-0.15, -0.1) is 0 Å². The van der Waals surface area contributed by atoms with Crippen LogP contribution in [0.5, 0.6) is 17.2 Å². The summed E-state index contributed by atoms with van der Waals surface area (Å²) in [4.78, 5) is 12.3. The van der Waals surface area contributed by atoms with Crippen molar-refractivity contribution in [2.45, 2.75) is 19.4 Å². The van der Waals surface area contributed by atoms with E-state index in [0.717, 1.165) is 5.56 Å². The van der Waals surface area contributed by atoms with Crippen molar-refractivity contribution in [1.82, 2.24) is 5.32 Å². The van der Waals surface area contributed by atoms with E-state index in [1.54, 1.807) is 51.5 Å². The molecule has 2 aromatic carbocycles. The van der Waals surface area contributed by atoms with E-state index >= 15 is 0 Å². The highest BCUT2D eigenvalue weighted by Crippen LogP contribution is 2.27. The molecule has 0 spiro atoms. The number of rotatable bonds is 9. The van der Waals surface area contributed by atoms with Crippen LogP contribution < -0.4 is 19.5 Å². The molecule has 0 saturated heterocycles. The Hall–Kier alpha value is -3.97. The average Bonchev–Trinajstić information content (AvgIpc) is 2.78. The Morgan fingerprint density at radius 2 is 1.80 bits per heavy atom. The van der Waals surface area contributed by atoms with Gasteiger partial charge < -0.3 is 19.5 Å². The predicted molar refractivity (Wildman–Crippen MR) is 112 cm³/mol. The molecular formula is C23H23N3O4. The molecule has 0 fully saturated rings. The Bertz CT molecular complexity index is 985. The molecule has 1 unspecified atom stereocenters. The minimum absolute atomic E-state index is 0.00127. The molecule has 2 aromatic rings. The van der Waals surface area contributed by atoms with Gasteiger partial charge >= 0.3 is 0 Å². The second kappa shape index (κ2) is 11.1. The van der Waals surface area contributed by atoms with Crippen molar-refractivity contribution in [2.24, 2.45) is 0 Å². The first-order valence-electron chi connectivity index (χ1n) is 9.28. The molecule has 7 heteroatoms. The summed E-state index contributed by atoms with van der Waals surface area (Å²) < 4.78 is 15.9. The fraction of sp³-hybridized carbons (Fsp3) is 0.261. The van der Waals surface area contributed by atoms with Crippen molar-refractivity contribution in [3.8, 4) is 29.4 Å². The van der Waals surface area contributed by atoms with Crippen molar-refractivity contribution in [3.05, 3.63) is 59.2 Å². The van der Waals surface area contributed by atoms with E-state index in [-0.39, 0.29) is 5.57 Å². The maximum Gasteiger partial charge on any atom is 0.261 e. The molecule has 0 saturated carbocycles. The van der Waals surface area contributed by atoms with Crippen LogP contribution in [0.15, 0.2) is 48.0 Å². The van der Waals surface area contributed by atoms with Gasteiger partial charge in [0.15, 0.2) is 17.6 Å². The van der Waals surface area contributed by atoms with E-state index in [0.29, 0.717) is 35.8 Å². The fourth-order valence-electron chi connectivity index (χ4n) is 2.64. The highest BCUT2D eigenvalue weighted by molar-refractivity contribution is 6.01. The molecule has 2 rings (SSSR count). The molecule has 154 valence electrons. The molecular weight excluding hydrogens is 382 g/mol. The van der Waals surface area contributed by atoms with E-state index in [1.807, 2.05) is 24.3 Å². The molecule has 30 heavy (non-hydrogen) atoms. The lowest BCUT2D eigenvalue weighted by Crippen LogP contribution is -2.26. The molecule has 0 aliphatic carbocycles. The van der Waals surface area contributed by atoms with Crippen LogP contribution in [-0.4, -0.2) is 32.8 Å². The minimum atomic E-state index is -0.558. The van der Waals surface area contributed by atoms with Gasteiger partial charge in [0.25, 0.3) is 5.91 Å². The highest BCUT2D eigenvalue weighted by Gasteiger charge is 2.10. The van der Waals surface area contributed by atoms with Gasteiger partial charge in [-0.1, -0.05) is 18.2 Å². The average molecular weight is 405 g/mol. The van der Waals surface area contributed by atoms with Gasteiger partial charge in [-0.05, 0) is 54.8 Å². The number of nitriles is 2. The van der Waals surface area contributed by atoms with Crippen LogP contribution in [0, 0.1) is 22.7 Å². The monoisotopic (exact) mass is 405 g/mol. The Balaban J connectivity index is 1.96. The van der Waals surface area contributed by atoms with Gasteiger partial charge in [-0.2, -0.15) is 10.5 Å². The van der Waals surface area contributed by atoms with Crippen molar-refractivity contribution >= 4 is 12.0 Å². The number of hydrogen-bond acceptors (Lipinski definition) is 6. The molecule has 0 bridgehead atoms. The molecule has 0 heterocycles. The van der Waals surface area contributed by atoms with Crippen LogP contribution in [0.4, 0.5) is 0 Å². The first-order valence-corrected chi connectivity index (χ1v) is 9.28. The topological polar surface area (TPSA) is 104 Å². The quantitative estimate of drug-likeness (QED) is 0.507. The van der Waals surface area contributed by atoms with Crippen molar-refractivity contribution < 1.29 is 19.0 Å². The lowest BCUT2D eigenvalue weighted by atomic mass is 10.1. The first-order chi connectivity index (χ1) is 14.5. The van der Waals surface area contributed by atoms with Crippen molar-refractivity contribution in [3.63, 3.8) is 0 Å². The summed E-state index contributed by atoms with van der Waals surface area (Å²) in [5.74, 6) is 1.35. The molecule has 7 nitrogen and oxygen atoms in total. The summed E-state index contributed by atoms with van der Waals surface area (Å²) in [6, 6.07) is 16.3. The van der Waals surface area contributed by atoms with Gasteiger partial charge in [0, 0.05) is 6.54 Å². The Morgan fingerprint density at radius 1 is 1.10 bits per heavy atom. The van der Waals surface area contributed by atoms with Crippen LogP contribution in [0.25, 0.3) is 6.08 Å². The number of carbonyl (C=O) groups is 1. The number of methoxy groups -OCH3 is 2. The summed E-state index contributed by atoms with van der Waals surface area (Å²) in [5.41, 5.74) is 1.65. The van der Waals surface area contributed by atoms with E-state index < -0.39 is 12.0 Å². The first kappa shape index (κ1) is 22.3. The summed E-state index contributed by atoms with van der Waals surface area (Å²) in [6.45, 7) is 2.01. The molecule has 1 atom stereocenters. The normalized spacial score (nSPS) is 11.6. The Labute approximate surface area is 176 Å². The predicted octanol–water partition coefficient (Wildman–Crippen LogP) is 3.26. The maximum absolute atomic E-state index is 12.3. The second-order valence-electron chi connectivity index (χ2n) is 6.32. The van der Waals surface area contributed by atoms with Crippen LogP contribution in [0.3, 0.4) is 0 Å². The SMILES string of the molecule is COc1ccc(CCNC(=O)/C(C#N)=C\c2ccc(OC(C)C#N)cc2)cc1OC. The van der Waals surface area contributed by atoms with Gasteiger partial charge in [-0.25, -0.2) is 0 Å². The smallest absolute Gasteiger partial charge is 0.261 e.